The molecule has 0 spiro atoms. The van der Waals surface area contributed by atoms with Crippen LogP contribution in [0.1, 0.15) is 22.4 Å². The monoisotopic (exact) mass is 433 g/mol. The first-order chi connectivity index (χ1) is 12.4. The third kappa shape index (κ3) is 4.36. The van der Waals surface area contributed by atoms with Gasteiger partial charge in [-0.15, -0.1) is 11.3 Å². The van der Waals surface area contributed by atoms with Crippen LogP contribution in [0.25, 0.3) is 11.4 Å². The largest absolute Gasteiger partial charge is 0.340 e. The highest BCUT2D eigenvalue weighted by atomic mass is 79.9. The quantitative estimate of drug-likeness (QED) is 0.574. The van der Waals surface area contributed by atoms with Crippen LogP contribution < -0.4 is 10.6 Å². The molecule has 7 nitrogen and oxygen atoms in total. The van der Waals surface area contributed by atoms with E-state index in [4.69, 9.17) is 0 Å². The molecule has 9 heteroatoms. The van der Waals surface area contributed by atoms with Crippen LogP contribution in [-0.2, 0) is 4.79 Å². The Bertz CT molecular complexity index is 935. The summed E-state index contributed by atoms with van der Waals surface area (Å²) in [7, 11) is 0. The molecule has 3 aromatic rings. The van der Waals surface area contributed by atoms with Crippen LogP contribution in [0.5, 0.6) is 0 Å². The second-order valence-electron chi connectivity index (χ2n) is 5.61. The number of benzene rings is 1. The van der Waals surface area contributed by atoms with Gasteiger partial charge >= 0.3 is 0 Å². The predicted molar refractivity (Wildman–Crippen MR) is 104 cm³/mol. The van der Waals surface area contributed by atoms with E-state index in [9.17, 15) is 9.59 Å². The van der Waals surface area contributed by atoms with E-state index in [0.717, 1.165) is 15.2 Å². The normalized spacial score (nSPS) is 11.8. The lowest BCUT2D eigenvalue weighted by Crippen LogP contribution is -2.41. The smallest absolute Gasteiger partial charge is 0.262 e. The molecule has 0 fully saturated rings. The highest BCUT2D eigenvalue weighted by molar-refractivity contribution is 9.11. The van der Waals surface area contributed by atoms with Gasteiger partial charge in [0.25, 0.3) is 5.91 Å². The maximum Gasteiger partial charge on any atom is 0.262 e. The molecule has 0 saturated heterocycles. The lowest BCUT2D eigenvalue weighted by molar-refractivity contribution is -0.117. The number of rotatable bonds is 5. The molecular weight excluding hydrogens is 418 g/mol. The molecule has 0 saturated carbocycles. The number of amides is 2. The number of carbonyl (C=O) groups excluding carboxylic acids is 2. The summed E-state index contributed by atoms with van der Waals surface area (Å²) < 4.78 is 0.862. The molecule has 0 aliphatic heterocycles. The van der Waals surface area contributed by atoms with Gasteiger partial charge in [0.1, 0.15) is 11.9 Å². The van der Waals surface area contributed by atoms with Crippen LogP contribution in [-0.4, -0.2) is 33.0 Å². The summed E-state index contributed by atoms with van der Waals surface area (Å²) in [5.74, 6) is 0.761. The van der Waals surface area contributed by atoms with Crippen LogP contribution in [0.4, 0.5) is 5.69 Å². The zero-order valence-electron chi connectivity index (χ0n) is 14.0. The second kappa shape index (κ2) is 7.79. The number of aryl methyl sites for hydroxylation is 1. The highest BCUT2D eigenvalue weighted by Gasteiger charge is 2.18. The van der Waals surface area contributed by atoms with E-state index in [2.05, 4.69) is 41.7 Å². The minimum atomic E-state index is -0.668. The second-order valence-corrected chi connectivity index (χ2v) is 8.07. The molecule has 0 radical (unpaired) electrons. The fraction of sp³-hybridized carbons (Fsp3) is 0.176. The minimum Gasteiger partial charge on any atom is -0.340 e. The number of carbonyl (C=O) groups is 2. The van der Waals surface area contributed by atoms with Crippen molar-refractivity contribution >= 4 is 44.8 Å². The van der Waals surface area contributed by atoms with Crippen LogP contribution in [0.3, 0.4) is 0 Å². The van der Waals surface area contributed by atoms with E-state index in [1.807, 2.05) is 19.1 Å². The van der Waals surface area contributed by atoms with Crippen molar-refractivity contribution in [3.63, 3.8) is 0 Å². The number of anilines is 1. The van der Waals surface area contributed by atoms with Gasteiger partial charge in [0, 0.05) is 11.3 Å². The van der Waals surface area contributed by atoms with E-state index in [0.29, 0.717) is 16.4 Å². The summed E-state index contributed by atoms with van der Waals surface area (Å²) in [6.07, 6.45) is 0. The number of hydrogen-bond acceptors (Lipinski definition) is 5. The van der Waals surface area contributed by atoms with Crippen molar-refractivity contribution < 1.29 is 9.59 Å². The van der Waals surface area contributed by atoms with Gasteiger partial charge in [-0.3, -0.25) is 14.7 Å². The molecule has 3 rings (SSSR count). The lowest BCUT2D eigenvalue weighted by Gasteiger charge is -2.13. The average Bonchev–Trinajstić information content (AvgIpc) is 3.24. The molecule has 1 aromatic carbocycles. The summed E-state index contributed by atoms with van der Waals surface area (Å²) in [6, 6.07) is 10.0. The fourth-order valence-corrected chi connectivity index (χ4v) is 3.48. The summed E-state index contributed by atoms with van der Waals surface area (Å²) >= 11 is 4.63. The van der Waals surface area contributed by atoms with E-state index < -0.39 is 6.04 Å². The number of nitrogens with zero attached hydrogens (tertiary/aromatic N) is 2. The third-order valence-electron chi connectivity index (χ3n) is 3.55. The molecule has 0 aliphatic rings. The highest BCUT2D eigenvalue weighted by Crippen LogP contribution is 2.22. The van der Waals surface area contributed by atoms with Gasteiger partial charge in [0.15, 0.2) is 5.82 Å². The molecule has 3 N–H and O–H groups in total. The molecule has 2 amide bonds. The number of thiophene rings is 1. The topological polar surface area (TPSA) is 99.8 Å². The van der Waals surface area contributed by atoms with Crippen LogP contribution >= 0.6 is 27.3 Å². The molecule has 26 heavy (non-hydrogen) atoms. The van der Waals surface area contributed by atoms with E-state index in [-0.39, 0.29) is 11.8 Å². The Morgan fingerprint density at radius 2 is 1.92 bits per heavy atom. The number of hydrogen-bond donors (Lipinski definition) is 3. The van der Waals surface area contributed by atoms with Gasteiger partial charge in [-0.05, 0) is 66.2 Å². The van der Waals surface area contributed by atoms with Crippen LogP contribution in [0.15, 0.2) is 40.2 Å². The predicted octanol–water partition coefficient (Wildman–Crippen LogP) is 3.36. The van der Waals surface area contributed by atoms with Crippen molar-refractivity contribution in [1.82, 2.24) is 20.5 Å². The maximum atomic E-state index is 12.3. The van der Waals surface area contributed by atoms with E-state index in [1.165, 1.54) is 11.3 Å². The Hall–Kier alpha value is -2.52. The Morgan fingerprint density at radius 3 is 2.50 bits per heavy atom. The number of halogens is 1. The lowest BCUT2D eigenvalue weighted by atomic mass is 10.2. The van der Waals surface area contributed by atoms with Crippen molar-refractivity contribution in [3.05, 3.63) is 50.9 Å². The van der Waals surface area contributed by atoms with Crippen molar-refractivity contribution in [2.75, 3.05) is 5.32 Å². The first-order valence-corrected chi connectivity index (χ1v) is 9.40. The van der Waals surface area contributed by atoms with Crippen molar-refractivity contribution in [2.45, 2.75) is 19.9 Å². The summed E-state index contributed by atoms with van der Waals surface area (Å²) in [5, 5.41) is 12.3. The van der Waals surface area contributed by atoms with Gasteiger partial charge in [-0.2, -0.15) is 5.10 Å². The van der Waals surface area contributed by atoms with Crippen LogP contribution in [0.2, 0.25) is 0 Å². The average molecular weight is 434 g/mol. The van der Waals surface area contributed by atoms with E-state index in [1.54, 1.807) is 31.2 Å². The molecule has 2 aromatic heterocycles. The van der Waals surface area contributed by atoms with E-state index >= 15 is 0 Å². The zero-order valence-corrected chi connectivity index (χ0v) is 16.4. The summed E-state index contributed by atoms with van der Waals surface area (Å²) in [6.45, 7) is 3.47. The first kappa shape index (κ1) is 18.3. The van der Waals surface area contributed by atoms with Gasteiger partial charge in [-0.25, -0.2) is 4.98 Å². The number of H-pyrrole nitrogens is 1. The Labute approximate surface area is 162 Å². The molecule has 1 atom stereocenters. The van der Waals surface area contributed by atoms with Gasteiger partial charge in [0.05, 0.1) is 8.66 Å². The summed E-state index contributed by atoms with van der Waals surface area (Å²) in [4.78, 5) is 29.2. The van der Waals surface area contributed by atoms with Crippen LogP contribution in [0, 0.1) is 6.92 Å². The van der Waals surface area contributed by atoms with Crippen molar-refractivity contribution in [2.24, 2.45) is 0 Å². The zero-order chi connectivity index (χ0) is 18.7. The van der Waals surface area contributed by atoms with Crippen molar-refractivity contribution in [3.8, 4) is 11.4 Å². The number of nitrogens with one attached hydrogen (secondary N) is 3. The van der Waals surface area contributed by atoms with Gasteiger partial charge in [0.2, 0.25) is 5.91 Å². The number of aromatic nitrogens is 3. The minimum absolute atomic E-state index is 0.279. The molecular formula is C17H16BrN5O2S. The first-order valence-electron chi connectivity index (χ1n) is 7.79. The maximum absolute atomic E-state index is 12.3. The molecule has 0 bridgehead atoms. The molecule has 1 unspecified atom stereocenters. The fourth-order valence-electron chi connectivity index (χ4n) is 2.19. The van der Waals surface area contributed by atoms with Gasteiger partial charge in [-0.1, -0.05) is 0 Å². The standard InChI is InChI=1S/C17H16BrN5O2S/c1-9(19-17(25)13-7-8-14(18)26-13)16(24)21-12-5-3-11(4-6-12)15-20-10(2)22-23-15/h3-9H,1-2H3,(H,19,25)(H,21,24)(H,20,22,23). The summed E-state index contributed by atoms with van der Waals surface area (Å²) in [5.41, 5.74) is 1.47. The Kier molecular flexibility index (Phi) is 5.48. The molecule has 2 heterocycles. The Balaban J connectivity index is 1.59. The number of aromatic amines is 1. The van der Waals surface area contributed by atoms with Gasteiger partial charge < -0.3 is 10.6 Å². The SMILES string of the molecule is Cc1nc(-c2ccc(NC(=O)C(C)NC(=O)c3ccc(Br)s3)cc2)n[nH]1. The molecule has 134 valence electrons. The third-order valence-corrected chi connectivity index (χ3v) is 5.17. The van der Waals surface area contributed by atoms with Crippen molar-refractivity contribution in [1.29, 1.82) is 0 Å². The Morgan fingerprint density at radius 1 is 1.19 bits per heavy atom. The molecule has 0 aliphatic carbocycles.